The first-order chi connectivity index (χ1) is 7.11. The Morgan fingerprint density at radius 2 is 2.20 bits per heavy atom. The van der Waals surface area contributed by atoms with E-state index in [1.807, 2.05) is 19.9 Å². The molecule has 1 aromatic rings. The van der Waals surface area contributed by atoms with Gasteiger partial charge in [-0.25, -0.2) is 0 Å². The molecule has 2 heterocycles. The normalized spacial score (nSPS) is 19.6. The van der Waals surface area contributed by atoms with E-state index in [0.717, 1.165) is 17.7 Å². The number of pyridine rings is 1. The first-order valence-corrected chi connectivity index (χ1v) is 5.15. The first-order valence-electron chi connectivity index (χ1n) is 5.15. The third-order valence-corrected chi connectivity index (χ3v) is 2.83. The highest BCUT2D eigenvalue weighted by molar-refractivity contribution is 5.95. The second-order valence-corrected chi connectivity index (χ2v) is 3.98. The van der Waals surface area contributed by atoms with E-state index in [4.69, 9.17) is 0 Å². The molecule has 0 spiro atoms. The maximum Gasteiger partial charge on any atom is 0.272 e. The molecule has 0 bridgehead atoms. The Balaban J connectivity index is 2.49. The van der Waals surface area contributed by atoms with E-state index >= 15 is 0 Å². The Labute approximate surface area is 87.7 Å². The fourth-order valence-electron chi connectivity index (χ4n) is 1.97. The Hall–Kier alpha value is -1.58. The highest BCUT2D eigenvalue weighted by Crippen LogP contribution is 2.24. The van der Waals surface area contributed by atoms with Gasteiger partial charge in [0.05, 0.1) is 0 Å². The van der Waals surface area contributed by atoms with Crippen molar-refractivity contribution >= 4 is 11.6 Å². The van der Waals surface area contributed by atoms with Gasteiger partial charge in [-0.15, -0.1) is 0 Å². The summed E-state index contributed by atoms with van der Waals surface area (Å²) in [6.45, 7) is 3.83. The van der Waals surface area contributed by atoms with Gasteiger partial charge in [0.25, 0.3) is 5.56 Å². The maximum absolute atomic E-state index is 11.6. The molecule has 2 N–H and O–H groups in total. The lowest BCUT2D eigenvalue weighted by atomic mass is 9.92. The van der Waals surface area contributed by atoms with Crippen molar-refractivity contribution in [1.82, 2.24) is 4.98 Å². The van der Waals surface area contributed by atoms with Gasteiger partial charge in [0.2, 0.25) is 5.91 Å². The Morgan fingerprint density at radius 1 is 1.47 bits per heavy atom. The monoisotopic (exact) mass is 206 g/mol. The van der Waals surface area contributed by atoms with E-state index in [9.17, 15) is 9.59 Å². The van der Waals surface area contributed by atoms with Crippen LogP contribution in [-0.4, -0.2) is 10.9 Å². The van der Waals surface area contributed by atoms with Gasteiger partial charge in [-0.2, -0.15) is 0 Å². The zero-order valence-electron chi connectivity index (χ0n) is 8.89. The summed E-state index contributed by atoms with van der Waals surface area (Å²) in [4.78, 5) is 25.8. The molecular weight excluding hydrogens is 192 g/mol. The number of aromatic nitrogens is 1. The number of carbonyl (C=O) groups excluding carboxylic acids is 1. The smallest absolute Gasteiger partial charge is 0.272 e. The molecule has 0 radical (unpaired) electrons. The molecule has 4 nitrogen and oxygen atoms in total. The van der Waals surface area contributed by atoms with Crippen molar-refractivity contribution in [2.24, 2.45) is 5.92 Å². The second kappa shape index (κ2) is 3.53. The molecule has 4 heteroatoms. The number of anilines is 1. The molecule has 2 rings (SSSR count). The Kier molecular flexibility index (Phi) is 2.34. The number of H-pyrrole nitrogens is 1. The van der Waals surface area contributed by atoms with Gasteiger partial charge in [0.15, 0.2) is 0 Å². The number of carbonyl (C=O) groups is 1. The fraction of sp³-hybridized carbons (Fsp3) is 0.455. The number of nitrogens with one attached hydrogen (secondary N) is 2. The lowest BCUT2D eigenvalue weighted by Crippen LogP contribution is -2.33. The second-order valence-electron chi connectivity index (χ2n) is 3.98. The molecule has 80 valence electrons. The average molecular weight is 206 g/mol. The molecule has 0 saturated heterocycles. The van der Waals surface area contributed by atoms with Crippen LogP contribution in [0.5, 0.6) is 0 Å². The van der Waals surface area contributed by atoms with Gasteiger partial charge in [0.1, 0.15) is 5.69 Å². The largest absolute Gasteiger partial charge is 0.325 e. The molecule has 0 fully saturated rings. The molecule has 1 aliphatic rings. The number of fused-ring (bicyclic) bond motifs is 1. The van der Waals surface area contributed by atoms with Crippen molar-refractivity contribution in [1.29, 1.82) is 0 Å². The molecule has 1 unspecified atom stereocenters. The van der Waals surface area contributed by atoms with Gasteiger partial charge < -0.3 is 10.3 Å². The fourth-order valence-corrected chi connectivity index (χ4v) is 1.97. The number of hydrogen-bond acceptors (Lipinski definition) is 2. The minimum atomic E-state index is -0.201. The number of aromatic amines is 1. The molecule has 1 atom stereocenters. The molecule has 1 aromatic heterocycles. The summed E-state index contributed by atoms with van der Waals surface area (Å²) < 4.78 is 0. The maximum atomic E-state index is 11.6. The van der Waals surface area contributed by atoms with E-state index in [1.165, 1.54) is 0 Å². The van der Waals surface area contributed by atoms with Crippen LogP contribution < -0.4 is 10.9 Å². The lowest BCUT2D eigenvalue weighted by molar-refractivity contribution is -0.120. The number of rotatable bonds is 1. The van der Waals surface area contributed by atoms with Gasteiger partial charge in [-0.3, -0.25) is 9.59 Å². The Bertz CT molecular complexity index is 462. The van der Waals surface area contributed by atoms with Crippen LogP contribution in [0.3, 0.4) is 0 Å². The zero-order chi connectivity index (χ0) is 11.0. The van der Waals surface area contributed by atoms with E-state index in [-0.39, 0.29) is 17.4 Å². The van der Waals surface area contributed by atoms with Crippen LogP contribution >= 0.6 is 0 Å². The molecule has 1 aliphatic heterocycles. The Morgan fingerprint density at radius 3 is 2.87 bits per heavy atom. The predicted molar refractivity (Wildman–Crippen MR) is 57.9 cm³/mol. The molecule has 0 saturated carbocycles. The minimum Gasteiger partial charge on any atom is -0.325 e. The van der Waals surface area contributed by atoms with Crippen molar-refractivity contribution < 1.29 is 4.79 Å². The summed E-state index contributed by atoms with van der Waals surface area (Å²) in [5, 5.41) is 2.67. The zero-order valence-corrected chi connectivity index (χ0v) is 8.89. The van der Waals surface area contributed by atoms with Crippen molar-refractivity contribution in [2.45, 2.75) is 26.7 Å². The minimum absolute atomic E-state index is 0.00120. The standard InChI is InChI=1S/C11H14N2O2/c1-3-7-5-8-4-6(2)12-11(15)9(8)13-10(7)14/h4,7H,3,5H2,1-2H3,(H,12,15)(H,13,14). The summed E-state index contributed by atoms with van der Waals surface area (Å²) in [6.07, 6.45) is 1.47. The van der Waals surface area contributed by atoms with E-state index < -0.39 is 0 Å². The van der Waals surface area contributed by atoms with Crippen molar-refractivity contribution in [3.63, 3.8) is 0 Å². The first kappa shape index (κ1) is 9.96. The number of hydrogen-bond donors (Lipinski definition) is 2. The predicted octanol–water partition coefficient (Wildman–Crippen LogP) is 1.20. The highest BCUT2D eigenvalue weighted by atomic mass is 16.2. The summed E-state index contributed by atoms with van der Waals surface area (Å²) in [7, 11) is 0. The number of amides is 1. The molecule has 0 aliphatic carbocycles. The van der Waals surface area contributed by atoms with Crippen molar-refractivity contribution in [3.05, 3.63) is 27.7 Å². The van der Waals surface area contributed by atoms with Crippen LogP contribution in [0.4, 0.5) is 5.69 Å². The molecule has 0 aromatic carbocycles. The summed E-state index contributed by atoms with van der Waals surface area (Å²) >= 11 is 0. The molecule has 15 heavy (non-hydrogen) atoms. The lowest BCUT2D eigenvalue weighted by Gasteiger charge is -2.23. The summed E-state index contributed by atoms with van der Waals surface area (Å²) in [5.74, 6) is -0.0435. The van der Waals surface area contributed by atoms with Crippen LogP contribution in [0.1, 0.15) is 24.6 Å². The van der Waals surface area contributed by atoms with Gasteiger partial charge >= 0.3 is 0 Å². The van der Waals surface area contributed by atoms with E-state index in [0.29, 0.717) is 12.1 Å². The molecule has 1 amide bonds. The van der Waals surface area contributed by atoms with E-state index in [2.05, 4.69) is 10.3 Å². The SMILES string of the molecule is CCC1Cc2cc(C)[nH]c(=O)c2NC1=O. The average Bonchev–Trinajstić information content (AvgIpc) is 2.18. The van der Waals surface area contributed by atoms with Gasteiger partial charge in [0, 0.05) is 11.6 Å². The van der Waals surface area contributed by atoms with Gasteiger partial charge in [-0.1, -0.05) is 6.92 Å². The molecular formula is C11H14N2O2. The van der Waals surface area contributed by atoms with Crippen LogP contribution in [0, 0.1) is 12.8 Å². The van der Waals surface area contributed by atoms with Crippen molar-refractivity contribution in [3.8, 4) is 0 Å². The number of aryl methyl sites for hydroxylation is 1. The highest BCUT2D eigenvalue weighted by Gasteiger charge is 2.26. The van der Waals surface area contributed by atoms with Crippen LogP contribution in [0.15, 0.2) is 10.9 Å². The third kappa shape index (κ3) is 1.67. The van der Waals surface area contributed by atoms with Crippen LogP contribution in [0.2, 0.25) is 0 Å². The van der Waals surface area contributed by atoms with E-state index in [1.54, 1.807) is 0 Å². The third-order valence-electron chi connectivity index (χ3n) is 2.83. The van der Waals surface area contributed by atoms with Crippen LogP contribution in [0.25, 0.3) is 0 Å². The summed E-state index contributed by atoms with van der Waals surface area (Å²) in [6, 6.07) is 1.93. The van der Waals surface area contributed by atoms with Gasteiger partial charge in [-0.05, 0) is 31.4 Å². The van der Waals surface area contributed by atoms with Crippen molar-refractivity contribution in [2.75, 3.05) is 5.32 Å². The summed E-state index contributed by atoms with van der Waals surface area (Å²) in [5.41, 5.74) is 2.01. The van der Waals surface area contributed by atoms with Crippen LogP contribution in [-0.2, 0) is 11.2 Å². The quantitative estimate of drug-likeness (QED) is 0.725. The topological polar surface area (TPSA) is 62.0 Å².